The number of nitrogens with one attached hydrogen (secondary N) is 1. The minimum Gasteiger partial charge on any atom is -0.465 e. The zero-order valence-electron chi connectivity index (χ0n) is 15.0. The summed E-state index contributed by atoms with van der Waals surface area (Å²) in [5.74, 6) is -0.234. The topological polar surface area (TPSA) is 99.5 Å². The molecule has 0 atom stereocenters. The lowest BCUT2D eigenvalue weighted by Gasteiger charge is -2.09. The second kappa shape index (κ2) is 8.63. The molecule has 2 heterocycles. The molecule has 0 aliphatic carbocycles. The zero-order chi connectivity index (χ0) is 19.9. The highest BCUT2D eigenvalue weighted by molar-refractivity contribution is 5.89. The van der Waals surface area contributed by atoms with Gasteiger partial charge in [0.15, 0.2) is 0 Å². The van der Waals surface area contributed by atoms with Crippen molar-refractivity contribution in [2.45, 2.75) is 6.61 Å². The van der Waals surface area contributed by atoms with Gasteiger partial charge in [-0.1, -0.05) is 30.3 Å². The van der Waals surface area contributed by atoms with E-state index >= 15 is 0 Å². The van der Waals surface area contributed by atoms with Crippen LogP contribution in [0.15, 0.2) is 71.8 Å². The van der Waals surface area contributed by atoms with Gasteiger partial charge in [0.05, 0.1) is 12.7 Å². The zero-order valence-corrected chi connectivity index (χ0v) is 15.0. The van der Waals surface area contributed by atoms with Crippen LogP contribution in [0.3, 0.4) is 0 Å². The number of hydrogen-bond acceptors (Lipinski definition) is 6. The highest BCUT2D eigenvalue weighted by Crippen LogP contribution is 2.08. The number of ether oxygens (including phenoxy) is 2. The van der Waals surface area contributed by atoms with Crippen LogP contribution < -0.4 is 10.9 Å². The van der Waals surface area contributed by atoms with Gasteiger partial charge in [0.2, 0.25) is 0 Å². The Balaban J connectivity index is 1.73. The molecule has 0 aliphatic heterocycles. The number of nitrogens with zero attached hydrogens (tertiary/aromatic N) is 2. The van der Waals surface area contributed by atoms with Crippen LogP contribution >= 0.6 is 0 Å². The van der Waals surface area contributed by atoms with E-state index < -0.39 is 17.6 Å². The molecule has 1 N–H and O–H groups in total. The quantitative estimate of drug-likeness (QED) is 0.685. The van der Waals surface area contributed by atoms with Crippen LogP contribution in [0.5, 0.6) is 0 Å². The molecule has 0 aliphatic rings. The first-order chi connectivity index (χ1) is 13.6. The maximum atomic E-state index is 12.6. The van der Waals surface area contributed by atoms with Gasteiger partial charge < -0.3 is 9.47 Å². The molecule has 0 saturated carbocycles. The lowest BCUT2D eigenvalue weighted by molar-refractivity contribution is 0.0600. The molecule has 0 radical (unpaired) electrons. The Morgan fingerprint density at radius 3 is 2.54 bits per heavy atom. The fourth-order valence-corrected chi connectivity index (χ4v) is 2.41. The van der Waals surface area contributed by atoms with Gasteiger partial charge in [0.25, 0.3) is 5.56 Å². The molecule has 0 saturated heterocycles. The van der Waals surface area contributed by atoms with E-state index in [0.717, 1.165) is 5.56 Å². The second-order valence-electron chi connectivity index (χ2n) is 5.68. The molecule has 0 spiro atoms. The van der Waals surface area contributed by atoms with Crippen LogP contribution in [0.2, 0.25) is 0 Å². The Kier molecular flexibility index (Phi) is 5.81. The molecule has 8 nitrogen and oxygen atoms in total. The Hall–Kier alpha value is -3.94. The van der Waals surface area contributed by atoms with Crippen molar-refractivity contribution in [2.24, 2.45) is 0 Å². The summed E-state index contributed by atoms with van der Waals surface area (Å²) >= 11 is 0. The van der Waals surface area contributed by atoms with E-state index in [2.05, 4.69) is 15.0 Å². The van der Waals surface area contributed by atoms with Crippen LogP contribution in [-0.2, 0) is 16.1 Å². The summed E-state index contributed by atoms with van der Waals surface area (Å²) in [6, 6.07) is 15.2. The monoisotopic (exact) mass is 379 g/mol. The van der Waals surface area contributed by atoms with Gasteiger partial charge in [0.1, 0.15) is 18.1 Å². The minimum absolute atomic E-state index is 0.0411. The van der Waals surface area contributed by atoms with Gasteiger partial charge in [0, 0.05) is 12.4 Å². The van der Waals surface area contributed by atoms with Crippen molar-refractivity contribution in [2.75, 3.05) is 12.4 Å². The van der Waals surface area contributed by atoms with E-state index in [9.17, 15) is 14.4 Å². The standard InChI is InChI=1S/C20H17N3O5/c1-27-19(25)15-9-10-17(21-12-15)23-11-5-8-16(18(23)24)22-20(26)28-13-14-6-3-2-4-7-14/h2-12H,13H2,1H3,(H,22,26). The molecule has 1 aromatic carbocycles. The predicted octanol–water partition coefficient (Wildman–Crippen LogP) is 2.77. The van der Waals surface area contributed by atoms with E-state index in [-0.39, 0.29) is 17.9 Å². The SMILES string of the molecule is COC(=O)c1ccc(-n2cccc(NC(=O)OCc3ccccc3)c2=O)nc1. The van der Waals surface area contributed by atoms with Gasteiger partial charge in [-0.25, -0.2) is 14.6 Å². The summed E-state index contributed by atoms with van der Waals surface area (Å²) in [7, 11) is 1.27. The molecule has 28 heavy (non-hydrogen) atoms. The van der Waals surface area contributed by atoms with Crippen LogP contribution in [-0.4, -0.2) is 28.7 Å². The van der Waals surface area contributed by atoms with Crippen LogP contribution in [0, 0.1) is 0 Å². The maximum Gasteiger partial charge on any atom is 0.412 e. The number of carbonyl (C=O) groups excluding carboxylic acids is 2. The lowest BCUT2D eigenvalue weighted by atomic mass is 10.2. The van der Waals surface area contributed by atoms with E-state index in [4.69, 9.17) is 4.74 Å². The number of methoxy groups -OCH3 is 1. The van der Waals surface area contributed by atoms with Gasteiger partial charge in [-0.3, -0.25) is 14.7 Å². The normalized spacial score (nSPS) is 10.2. The van der Waals surface area contributed by atoms with Crippen molar-refractivity contribution in [3.63, 3.8) is 0 Å². The Morgan fingerprint density at radius 1 is 1.07 bits per heavy atom. The van der Waals surface area contributed by atoms with Crippen LogP contribution in [0.25, 0.3) is 5.82 Å². The third-order valence-corrected chi connectivity index (χ3v) is 3.81. The summed E-state index contributed by atoms with van der Waals surface area (Å²) in [5.41, 5.74) is 0.646. The first-order valence-corrected chi connectivity index (χ1v) is 8.32. The highest BCUT2D eigenvalue weighted by atomic mass is 16.5. The summed E-state index contributed by atoms with van der Waals surface area (Å²) in [6.07, 6.45) is 2.07. The Bertz CT molecular complexity index is 1030. The number of benzene rings is 1. The van der Waals surface area contributed by atoms with Gasteiger partial charge >= 0.3 is 12.1 Å². The largest absolute Gasteiger partial charge is 0.465 e. The van der Waals surface area contributed by atoms with E-state index in [1.54, 1.807) is 6.07 Å². The first kappa shape index (κ1) is 18.8. The predicted molar refractivity (Wildman–Crippen MR) is 101 cm³/mol. The molecular weight excluding hydrogens is 362 g/mol. The molecular formula is C20H17N3O5. The smallest absolute Gasteiger partial charge is 0.412 e. The molecule has 142 valence electrons. The third-order valence-electron chi connectivity index (χ3n) is 3.81. The fraction of sp³-hybridized carbons (Fsp3) is 0.100. The Morgan fingerprint density at radius 2 is 1.86 bits per heavy atom. The molecule has 0 fully saturated rings. The van der Waals surface area contributed by atoms with Crippen molar-refractivity contribution in [3.8, 4) is 5.82 Å². The van der Waals surface area contributed by atoms with Crippen molar-refractivity contribution in [1.29, 1.82) is 0 Å². The van der Waals surface area contributed by atoms with Crippen molar-refractivity contribution in [3.05, 3.63) is 88.5 Å². The van der Waals surface area contributed by atoms with Crippen molar-refractivity contribution >= 4 is 17.7 Å². The fourth-order valence-electron chi connectivity index (χ4n) is 2.41. The summed E-state index contributed by atoms with van der Waals surface area (Å²) < 4.78 is 11.0. The molecule has 1 amide bonds. The number of amides is 1. The number of rotatable bonds is 5. The lowest BCUT2D eigenvalue weighted by Crippen LogP contribution is -2.25. The van der Waals surface area contributed by atoms with Crippen LogP contribution in [0.1, 0.15) is 15.9 Å². The highest BCUT2D eigenvalue weighted by Gasteiger charge is 2.11. The first-order valence-electron chi connectivity index (χ1n) is 8.32. The molecule has 3 aromatic rings. The third kappa shape index (κ3) is 4.42. The summed E-state index contributed by atoms with van der Waals surface area (Å²) in [4.78, 5) is 40.2. The average Bonchev–Trinajstić information content (AvgIpc) is 2.74. The average molecular weight is 379 g/mol. The summed E-state index contributed by atoms with van der Waals surface area (Å²) in [6.45, 7) is 0.0875. The van der Waals surface area contributed by atoms with Crippen molar-refractivity contribution < 1.29 is 19.1 Å². The summed E-state index contributed by atoms with van der Waals surface area (Å²) in [5, 5.41) is 2.43. The number of esters is 1. The van der Waals surface area contributed by atoms with Gasteiger partial charge in [-0.2, -0.15) is 0 Å². The molecule has 8 heteroatoms. The van der Waals surface area contributed by atoms with E-state index in [1.165, 1.54) is 42.3 Å². The van der Waals surface area contributed by atoms with Crippen LogP contribution in [0.4, 0.5) is 10.5 Å². The number of hydrogen-bond donors (Lipinski definition) is 1. The number of carbonyl (C=O) groups is 2. The van der Waals surface area contributed by atoms with Gasteiger partial charge in [-0.05, 0) is 29.8 Å². The molecule has 0 unspecified atom stereocenters. The molecule has 3 rings (SSSR count). The molecule has 2 aromatic heterocycles. The number of aromatic nitrogens is 2. The van der Waals surface area contributed by atoms with E-state index in [0.29, 0.717) is 5.82 Å². The number of anilines is 1. The van der Waals surface area contributed by atoms with Crippen molar-refractivity contribution in [1.82, 2.24) is 9.55 Å². The molecule has 0 bridgehead atoms. The Labute approximate surface area is 160 Å². The number of pyridine rings is 2. The minimum atomic E-state index is -0.743. The second-order valence-corrected chi connectivity index (χ2v) is 5.68. The van der Waals surface area contributed by atoms with E-state index in [1.807, 2.05) is 30.3 Å². The van der Waals surface area contributed by atoms with Gasteiger partial charge in [-0.15, -0.1) is 0 Å². The maximum absolute atomic E-state index is 12.6.